The molecule has 0 aromatic rings. The Kier molecular flexibility index (Phi) is 2.89. The fourth-order valence-corrected chi connectivity index (χ4v) is 4.73. The lowest BCUT2D eigenvalue weighted by Crippen LogP contribution is -2.57. The number of carbonyl (C=O) groups is 1. The van der Waals surface area contributed by atoms with Gasteiger partial charge in [-0.3, -0.25) is 4.79 Å². The van der Waals surface area contributed by atoms with Crippen molar-refractivity contribution in [3.05, 3.63) is 0 Å². The Morgan fingerprint density at radius 2 is 1.65 bits per heavy atom. The summed E-state index contributed by atoms with van der Waals surface area (Å²) in [6.45, 7) is 1.93. The lowest BCUT2D eigenvalue weighted by molar-refractivity contribution is -0.143. The molecular weight excluding hydrogens is 214 g/mol. The lowest BCUT2D eigenvalue weighted by Gasteiger charge is -2.55. The molecule has 3 heteroatoms. The van der Waals surface area contributed by atoms with Crippen molar-refractivity contribution in [2.75, 3.05) is 7.11 Å². The van der Waals surface area contributed by atoms with Crippen LogP contribution in [0.2, 0.25) is 0 Å². The second-order valence-corrected chi connectivity index (χ2v) is 6.37. The van der Waals surface area contributed by atoms with Crippen LogP contribution in [0.3, 0.4) is 0 Å². The highest BCUT2D eigenvalue weighted by molar-refractivity contribution is 5.75. The number of hydrogen-bond donors (Lipinski definition) is 1. The molecule has 4 rings (SSSR count). The molecule has 0 aliphatic heterocycles. The number of rotatable bonds is 3. The van der Waals surface area contributed by atoms with Crippen LogP contribution in [-0.2, 0) is 9.53 Å². The molecule has 96 valence electrons. The first kappa shape index (κ1) is 11.5. The summed E-state index contributed by atoms with van der Waals surface area (Å²) in [4.78, 5) is 11.5. The van der Waals surface area contributed by atoms with Crippen molar-refractivity contribution in [2.24, 2.45) is 23.7 Å². The second kappa shape index (κ2) is 4.27. The molecular formula is C14H23NO2. The van der Waals surface area contributed by atoms with E-state index in [2.05, 4.69) is 5.32 Å². The highest BCUT2D eigenvalue weighted by Gasteiger charge is 2.48. The minimum atomic E-state index is -0.150. The van der Waals surface area contributed by atoms with Gasteiger partial charge in [0.2, 0.25) is 0 Å². The molecule has 0 heterocycles. The van der Waals surface area contributed by atoms with Crippen molar-refractivity contribution in [1.82, 2.24) is 5.32 Å². The summed E-state index contributed by atoms with van der Waals surface area (Å²) in [5, 5.41) is 3.54. The molecule has 4 saturated carbocycles. The first-order valence-electron chi connectivity index (χ1n) is 7.01. The zero-order chi connectivity index (χ0) is 12.0. The standard InChI is InChI=1S/C14H23NO2/c1-8(14(16)17-2)15-13-11-4-9-3-10(6-11)7-12(13)5-9/h8-13,15H,3-7H2,1-2H3. The number of nitrogens with one attached hydrogen (secondary N) is 1. The number of esters is 1. The van der Waals surface area contributed by atoms with Gasteiger partial charge in [-0.15, -0.1) is 0 Å². The van der Waals surface area contributed by atoms with Crippen LogP contribution in [0.25, 0.3) is 0 Å². The summed E-state index contributed by atoms with van der Waals surface area (Å²) in [7, 11) is 1.47. The fourth-order valence-electron chi connectivity index (χ4n) is 4.73. The van der Waals surface area contributed by atoms with Gasteiger partial charge in [-0.1, -0.05) is 0 Å². The van der Waals surface area contributed by atoms with E-state index < -0.39 is 0 Å². The molecule has 0 amide bonds. The Morgan fingerprint density at radius 3 is 2.12 bits per heavy atom. The van der Waals surface area contributed by atoms with Gasteiger partial charge in [0.1, 0.15) is 6.04 Å². The van der Waals surface area contributed by atoms with Crippen LogP contribution in [0.4, 0.5) is 0 Å². The minimum Gasteiger partial charge on any atom is -0.468 e. The zero-order valence-electron chi connectivity index (χ0n) is 10.8. The van der Waals surface area contributed by atoms with Crippen molar-refractivity contribution in [3.8, 4) is 0 Å². The van der Waals surface area contributed by atoms with E-state index in [0.29, 0.717) is 6.04 Å². The molecule has 4 aliphatic rings. The molecule has 17 heavy (non-hydrogen) atoms. The second-order valence-electron chi connectivity index (χ2n) is 6.37. The Bertz CT molecular complexity index is 287. The molecule has 1 N–H and O–H groups in total. The number of carbonyl (C=O) groups excluding carboxylic acids is 1. The molecule has 4 bridgehead atoms. The summed E-state index contributed by atoms with van der Waals surface area (Å²) in [6, 6.07) is 0.416. The van der Waals surface area contributed by atoms with Crippen LogP contribution in [0.15, 0.2) is 0 Å². The first-order chi connectivity index (χ1) is 8.17. The van der Waals surface area contributed by atoms with Gasteiger partial charge in [0.25, 0.3) is 0 Å². The van der Waals surface area contributed by atoms with Crippen molar-refractivity contribution in [2.45, 2.75) is 51.1 Å². The molecule has 4 fully saturated rings. The van der Waals surface area contributed by atoms with E-state index >= 15 is 0 Å². The van der Waals surface area contributed by atoms with E-state index in [9.17, 15) is 4.79 Å². The van der Waals surface area contributed by atoms with Crippen molar-refractivity contribution in [1.29, 1.82) is 0 Å². The van der Waals surface area contributed by atoms with E-state index in [1.165, 1.54) is 39.2 Å². The van der Waals surface area contributed by atoms with Gasteiger partial charge in [0.05, 0.1) is 7.11 Å². The molecule has 4 aliphatic carbocycles. The summed E-state index contributed by atoms with van der Waals surface area (Å²) in [5.41, 5.74) is 0. The monoisotopic (exact) mass is 237 g/mol. The largest absolute Gasteiger partial charge is 0.468 e. The third kappa shape index (κ3) is 1.99. The van der Waals surface area contributed by atoms with E-state index in [1.54, 1.807) is 0 Å². The Labute approximate surface area is 103 Å². The summed E-state index contributed by atoms with van der Waals surface area (Å²) < 4.78 is 4.80. The predicted molar refractivity (Wildman–Crippen MR) is 65.4 cm³/mol. The highest BCUT2D eigenvalue weighted by atomic mass is 16.5. The Morgan fingerprint density at radius 1 is 1.12 bits per heavy atom. The maximum Gasteiger partial charge on any atom is 0.322 e. The average Bonchev–Trinajstić information content (AvgIpc) is 2.31. The van der Waals surface area contributed by atoms with Crippen LogP contribution in [-0.4, -0.2) is 25.2 Å². The van der Waals surface area contributed by atoms with Crippen molar-refractivity contribution < 1.29 is 9.53 Å². The molecule has 0 spiro atoms. The Hall–Kier alpha value is -0.570. The van der Waals surface area contributed by atoms with Gasteiger partial charge >= 0.3 is 5.97 Å². The van der Waals surface area contributed by atoms with Gasteiger partial charge in [0, 0.05) is 6.04 Å². The number of methoxy groups -OCH3 is 1. The van der Waals surface area contributed by atoms with Gasteiger partial charge in [-0.05, 0) is 62.7 Å². The summed E-state index contributed by atoms with van der Waals surface area (Å²) in [6.07, 6.45) is 7.03. The zero-order valence-corrected chi connectivity index (χ0v) is 10.8. The number of hydrogen-bond acceptors (Lipinski definition) is 3. The van der Waals surface area contributed by atoms with Crippen LogP contribution in [0.1, 0.15) is 39.0 Å². The van der Waals surface area contributed by atoms with Gasteiger partial charge in [0.15, 0.2) is 0 Å². The quantitative estimate of drug-likeness (QED) is 0.763. The third-order valence-electron chi connectivity index (χ3n) is 5.22. The first-order valence-corrected chi connectivity index (χ1v) is 7.01. The predicted octanol–water partition coefficient (Wildman–Crippen LogP) is 1.96. The smallest absolute Gasteiger partial charge is 0.322 e. The van der Waals surface area contributed by atoms with E-state index in [-0.39, 0.29) is 12.0 Å². The maximum atomic E-state index is 11.5. The van der Waals surface area contributed by atoms with E-state index in [0.717, 1.165) is 23.7 Å². The summed E-state index contributed by atoms with van der Waals surface area (Å²) in [5.74, 6) is 3.49. The SMILES string of the molecule is COC(=O)C(C)NC1C2CC3CC(C2)CC1C3. The van der Waals surface area contributed by atoms with Gasteiger partial charge < -0.3 is 10.1 Å². The molecule has 0 aromatic carbocycles. The average molecular weight is 237 g/mol. The Balaban J connectivity index is 1.66. The molecule has 0 saturated heterocycles. The number of ether oxygens (including phenoxy) is 1. The molecule has 0 radical (unpaired) electrons. The van der Waals surface area contributed by atoms with Crippen molar-refractivity contribution >= 4 is 5.97 Å². The summed E-state index contributed by atoms with van der Waals surface area (Å²) >= 11 is 0. The van der Waals surface area contributed by atoms with Gasteiger partial charge in [-0.25, -0.2) is 0 Å². The maximum absolute atomic E-state index is 11.5. The fraction of sp³-hybridized carbons (Fsp3) is 0.929. The van der Waals surface area contributed by atoms with Crippen LogP contribution >= 0.6 is 0 Å². The topological polar surface area (TPSA) is 38.3 Å². The van der Waals surface area contributed by atoms with Crippen molar-refractivity contribution in [3.63, 3.8) is 0 Å². The van der Waals surface area contributed by atoms with Crippen LogP contribution in [0.5, 0.6) is 0 Å². The third-order valence-corrected chi connectivity index (χ3v) is 5.22. The van der Waals surface area contributed by atoms with Crippen LogP contribution < -0.4 is 5.32 Å². The highest BCUT2D eigenvalue weighted by Crippen LogP contribution is 2.53. The van der Waals surface area contributed by atoms with Crippen LogP contribution in [0, 0.1) is 23.7 Å². The molecule has 1 atom stereocenters. The normalized spacial score (nSPS) is 44.7. The molecule has 1 unspecified atom stereocenters. The van der Waals surface area contributed by atoms with E-state index in [4.69, 9.17) is 4.74 Å². The molecule has 3 nitrogen and oxygen atoms in total. The van der Waals surface area contributed by atoms with E-state index in [1.807, 2.05) is 6.92 Å². The lowest BCUT2D eigenvalue weighted by atomic mass is 9.54. The molecule has 0 aromatic heterocycles. The minimum absolute atomic E-state index is 0.126. The van der Waals surface area contributed by atoms with Gasteiger partial charge in [-0.2, -0.15) is 0 Å².